The highest BCUT2D eigenvalue weighted by molar-refractivity contribution is 5.87. The van der Waals surface area contributed by atoms with Gasteiger partial charge in [0.25, 0.3) is 0 Å². The normalized spacial score (nSPS) is 11.6. The average Bonchev–Trinajstić information content (AvgIpc) is 2.92. The van der Waals surface area contributed by atoms with Crippen LogP contribution in [0.5, 0.6) is 0 Å². The minimum absolute atomic E-state index is 0.0736. The standard InChI is InChI=1S/C19H20N2O2/c1-13-8-7-11-15-16(21-23-18(13)15)12-17(22)20-19(2,3)14-9-5-4-6-10-14/h4-11H,12H2,1-3H3,(H,20,22). The number of carbonyl (C=O) groups is 1. The molecule has 0 radical (unpaired) electrons. The smallest absolute Gasteiger partial charge is 0.226 e. The van der Waals surface area contributed by atoms with Crippen molar-refractivity contribution in [2.24, 2.45) is 0 Å². The first-order valence-corrected chi connectivity index (χ1v) is 7.68. The largest absolute Gasteiger partial charge is 0.356 e. The number of carbonyl (C=O) groups excluding carboxylic acids is 1. The van der Waals surface area contributed by atoms with Gasteiger partial charge in [0, 0.05) is 5.39 Å². The summed E-state index contributed by atoms with van der Waals surface area (Å²) in [5.41, 5.74) is 3.07. The third kappa shape index (κ3) is 3.11. The van der Waals surface area contributed by atoms with Gasteiger partial charge in [-0.3, -0.25) is 4.79 Å². The lowest BCUT2D eigenvalue weighted by Gasteiger charge is -2.26. The first-order valence-electron chi connectivity index (χ1n) is 7.68. The molecule has 1 amide bonds. The number of aryl methyl sites for hydroxylation is 1. The predicted octanol–water partition coefficient (Wildman–Crippen LogP) is 3.73. The quantitative estimate of drug-likeness (QED) is 0.799. The van der Waals surface area contributed by atoms with E-state index in [0.717, 1.165) is 22.1 Å². The van der Waals surface area contributed by atoms with Gasteiger partial charge in [0.15, 0.2) is 5.58 Å². The lowest BCUT2D eigenvalue weighted by molar-refractivity contribution is -0.122. The molecule has 2 aromatic carbocycles. The summed E-state index contributed by atoms with van der Waals surface area (Å²) in [6, 6.07) is 15.8. The molecule has 4 heteroatoms. The summed E-state index contributed by atoms with van der Waals surface area (Å²) in [6.07, 6.45) is 0.201. The van der Waals surface area contributed by atoms with E-state index >= 15 is 0 Å². The fourth-order valence-corrected chi connectivity index (χ4v) is 2.75. The molecule has 4 nitrogen and oxygen atoms in total. The zero-order valence-electron chi connectivity index (χ0n) is 13.6. The maximum atomic E-state index is 12.4. The molecule has 0 spiro atoms. The topological polar surface area (TPSA) is 55.1 Å². The highest BCUT2D eigenvalue weighted by Crippen LogP contribution is 2.23. The van der Waals surface area contributed by atoms with E-state index < -0.39 is 5.54 Å². The fraction of sp³-hybridized carbons (Fsp3) is 0.263. The SMILES string of the molecule is Cc1cccc2c(CC(=O)NC(C)(C)c3ccccc3)noc12. The van der Waals surface area contributed by atoms with Gasteiger partial charge in [-0.2, -0.15) is 0 Å². The zero-order valence-corrected chi connectivity index (χ0v) is 13.6. The Morgan fingerprint density at radius 1 is 1.13 bits per heavy atom. The molecule has 1 aromatic heterocycles. The first kappa shape index (κ1) is 15.3. The number of amides is 1. The van der Waals surface area contributed by atoms with Crippen LogP contribution in [-0.2, 0) is 16.8 Å². The van der Waals surface area contributed by atoms with Gasteiger partial charge in [-0.15, -0.1) is 0 Å². The predicted molar refractivity (Wildman–Crippen MR) is 90.1 cm³/mol. The summed E-state index contributed by atoms with van der Waals surface area (Å²) in [7, 11) is 0. The molecule has 0 unspecified atom stereocenters. The van der Waals surface area contributed by atoms with Crippen molar-refractivity contribution in [3.05, 3.63) is 65.4 Å². The van der Waals surface area contributed by atoms with Crippen LogP contribution in [0.4, 0.5) is 0 Å². The fourth-order valence-electron chi connectivity index (χ4n) is 2.75. The van der Waals surface area contributed by atoms with E-state index in [-0.39, 0.29) is 12.3 Å². The molecule has 0 fully saturated rings. The van der Waals surface area contributed by atoms with Crippen molar-refractivity contribution < 1.29 is 9.32 Å². The molecule has 0 aliphatic heterocycles. The van der Waals surface area contributed by atoms with Gasteiger partial charge in [0.2, 0.25) is 5.91 Å². The van der Waals surface area contributed by atoms with Gasteiger partial charge < -0.3 is 9.84 Å². The monoisotopic (exact) mass is 308 g/mol. The minimum Gasteiger partial charge on any atom is -0.356 e. The van der Waals surface area contributed by atoms with Crippen LogP contribution in [0.2, 0.25) is 0 Å². The number of nitrogens with zero attached hydrogens (tertiary/aromatic N) is 1. The number of hydrogen-bond acceptors (Lipinski definition) is 3. The zero-order chi connectivity index (χ0) is 16.4. The van der Waals surface area contributed by atoms with Crippen molar-refractivity contribution >= 4 is 16.9 Å². The second kappa shape index (κ2) is 5.88. The number of rotatable bonds is 4. The van der Waals surface area contributed by atoms with Gasteiger partial charge >= 0.3 is 0 Å². The van der Waals surface area contributed by atoms with Crippen LogP contribution in [0.1, 0.15) is 30.7 Å². The molecule has 0 saturated heterocycles. The van der Waals surface area contributed by atoms with Crippen molar-refractivity contribution in [1.29, 1.82) is 0 Å². The van der Waals surface area contributed by atoms with Crippen LogP contribution in [0.25, 0.3) is 11.0 Å². The molecule has 3 rings (SSSR count). The van der Waals surface area contributed by atoms with Gasteiger partial charge in [-0.05, 0) is 38.0 Å². The van der Waals surface area contributed by atoms with Crippen molar-refractivity contribution in [1.82, 2.24) is 10.5 Å². The lowest BCUT2D eigenvalue weighted by Crippen LogP contribution is -2.41. The van der Waals surface area contributed by atoms with E-state index in [2.05, 4.69) is 10.5 Å². The summed E-state index contributed by atoms with van der Waals surface area (Å²) in [5, 5.41) is 8.03. The molecular formula is C19H20N2O2. The number of benzene rings is 2. The van der Waals surface area contributed by atoms with Crippen molar-refractivity contribution in [3.63, 3.8) is 0 Å². The number of nitrogens with one attached hydrogen (secondary N) is 1. The highest BCUT2D eigenvalue weighted by Gasteiger charge is 2.23. The number of hydrogen-bond donors (Lipinski definition) is 1. The van der Waals surface area contributed by atoms with Gasteiger partial charge in [-0.25, -0.2) is 0 Å². The Hall–Kier alpha value is -2.62. The molecule has 1 heterocycles. The maximum Gasteiger partial charge on any atom is 0.226 e. The van der Waals surface area contributed by atoms with Gasteiger partial charge in [-0.1, -0.05) is 47.6 Å². The number of para-hydroxylation sites is 1. The van der Waals surface area contributed by atoms with Crippen molar-refractivity contribution in [3.8, 4) is 0 Å². The van der Waals surface area contributed by atoms with Gasteiger partial charge in [0.05, 0.1) is 12.0 Å². The van der Waals surface area contributed by atoms with Crippen LogP contribution in [0.3, 0.4) is 0 Å². The summed E-state index contributed by atoms with van der Waals surface area (Å²) < 4.78 is 5.37. The molecule has 0 saturated carbocycles. The van der Waals surface area contributed by atoms with Crippen molar-refractivity contribution in [2.75, 3.05) is 0 Å². The van der Waals surface area contributed by atoms with E-state index in [4.69, 9.17) is 4.52 Å². The third-order valence-corrected chi connectivity index (χ3v) is 4.05. The minimum atomic E-state index is -0.437. The van der Waals surface area contributed by atoms with E-state index in [1.165, 1.54) is 0 Å². The first-order chi connectivity index (χ1) is 11.0. The molecular weight excluding hydrogens is 288 g/mol. The molecule has 118 valence electrons. The Labute approximate surface area is 135 Å². The molecule has 23 heavy (non-hydrogen) atoms. The molecule has 0 bridgehead atoms. The van der Waals surface area contributed by atoms with Crippen LogP contribution >= 0.6 is 0 Å². The molecule has 1 N–H and O–H groups in total. The summed E-state index contributed by atoms with van der Waals surface area (Å²) >= 11 is 0. The highest BCUT2D eigenvalue weighted by atomic mass is 16.5. The van der Waals surface area contributed by atoms with E-state index in [1.807, 2.05) is 69.3 Å². The average molecular weight is 308 g/mol. The van der Waals surface area contributed by atoms with Crippen LogP contribution in [-0.4, -0.2) is 11.1 Å². The van der Waals surface area contributed by atoms with E-state index in [0.29, 0.717) is 5.69 Å². The second-order valence-corrected chi connectivity index (χ2v) is 6.30. The van der Waals surface area contributed by atoms with E-state index in [9.17, 15) is 4.79 Å². The number of fused-ring (bicyclic) bond motifs is 1. The summed E-state index contributed by atoms with van der Waals surface area (Å²) in [4.78, 5) is 12.4. The van der Waals surface area contributed by atoms with Crippen LogP contribution in [0.15, 0.2) is 53.1 Å². The van der Waals surface area contributed by atoms with Gasteiger partial charge in [0.1, 0.15) is 5.69 Å². The Balaban J connectivity index is 1.78. The van der Waals surface area contributed by atoms with Crippen LogP contribution in [0, 0.1) is 6.92 Å². The Bertz CT molecular complexity index is 835. The third-order valence-electron chi connectivity index (χ3n) is 4.05. The molecule has 3 aromatic rings. The molecule has 0 aliphatic carbocycles. The maximum absolute atomic E-state index is 12.4. The number of aromatic nitrogens is 1. The van der Waals surface area contributed by atoms with Crippen LogP contribution < -0.4 is 5.32 Å². The Morgan fingerprint density at radius 3 is 2.61 bits per heavy atom. The molecule has 0 atom stereocenters. The molecule has 0 aliphatic rings. The van der Waals surface area contributed by atoms with Crippen molar-refractivity contribution in [2.45, 2.75) is 32.7 Å². The summed E-state index contributed by atoms with van der Waals surface area (Å²) in [6.45, 7) is 5.95. The summed E-state index contributed by atoms with van der Waals surface area (Å²) in [5.74, 6) is -0.0736. The Kier molecular flexibility index (Phi) is 3.90. The lowest BCUT2D eigenvalue weighted by atomic mass is 9.94. The second-order valence-electron chi connectivity index (χ2n) is 6.30. The Morgan fingerprint density at radius 2 is 1.87 bits per heavy atom. The van der Waals surface area contributed by atoms with E-state index in [1.54, 1.807) is 0 Å².